The first-order chi connectivity index (χ1) is 12.3. The summed E-state index contributed by atoms with van der Waals surface area (Å²) in [4.78, 5) is 4.69. The summed E-state index contributed by atoms with van der Waals surface area (Å²) in [6.07, 6.45) is 0. The van der Waals surface area contributed by atoms with Gasteiger partial charge in [0.2, 0.25) is 0 Å². The first kappa shape index (κ1) is 16.5. The van der Waals surface area contributed by atoms with Gasteiger partial charge in [-0.05, 0) is 37.1 Å². The fourth-order valence-electron chi connectivity index (χ4n) is 2.26. The van der Waals surface area contributed by atoms with Gasteiger partial charge >= 0.3 is 0 Å². The van der Waals surface area contributed by atoms with E-state index in [4.69, 9.17) is 9.73 Å². The largest absolute Gasteiger partial charge is 0.481 e. The monoisotopic (exact) mass is 325 g/mol. The van der Waals surface area contributed by atoms with E-state index in [-0.39, 0.29) is 0 Å². The zero-order valence-electron chi connectivity index (χ0n) is 14.1. The highest BCUT2D eigenvalue weighted by Crippen LogP contribution is 2.14. The maximum absolute atomic E-state index is 5.63. The number of hydrogen-bond acceptors (Lipinski definition) is 2. The molecule has 0 heterocycles. The highest BCUT2D eigenvalue weighted by molar-refractivity contribution is 6.14. The molecule has 3 aromatic carbocycles. The smallest absolute Gasteiger partial charge is 0.149 e. The van der Waals surface area contributed by atoms with E-state index in [0.29, 0.717) is 6.61 Å². The molecule has 0 aliphatic carbocycles. The van der Waals surface area contributed by atoms with Gasteiger partial charge < -0.3 is 4.74 Å². The normalized spacial score (nSPS) is 10.7. The van der Waals surface area contributed by atoms with Crippen LogP contribution in [-0.4, -0.2) is 12.3 Å². The van der Waals surface area contributed by atoms with Crippen molar-refractivity contribution in [3.63, 3.8) is 0 Å². The minimum absolute atomic E-state index is 0.323. The molecule has 0 saturated carbocycles. The third-order valence-electron chi connectivity index (χ3n) is 3.58. The van der Waals surface area contributed by atoms with E-state index in [1.54, 1.807) is 0 Å². The van der Waals surface area contributed by atoms with Crippen LogP contribution < -0.4 is 4.74 Å². The van der Waals surface area contributed by atoms with Gasteiger partial charge in [-0.15, -0.1) is 0 Å². The Hall–Kier alpha value is -3.31. The fraction of sp³-hybridized carbons (Fsp3) is 0.0870. The van der Waals surface area contributed by atoms with Crippen LogP contribution in [0.15, 0.2) is 89.9 Å². The topological polar surface area (TPSA) is 21.6 Å². The number of rotatable bonds is 4. The van der Waals surface area contributed by atoms with Crippen LogP contribution in [0, 0.1) is 18.8 Å². The Balaban J connectivity index is 1.81. The Bertz CT molecular complexity index is 886. The number of aliphatic imine (C=N–C) groups is 1. The van der Waals surface area contributed by atoms with Crippen molar-refractivity contribution in [2.75, 3.05) is 6.61 Å². The summed E-state index contributed by atoms with van der Waals surface area (Å²) < 4.78 is 5.63. The van der Waals surface area contributed by atoms with Crippen LogP contribution >= 0.6 is 0 Å². The van der Waals surface area contributed by atoms with E-state index in [9.17, 15) is 0 Å². The molecule has 0 saturated heterocycles. The summed E-state index contributed by atoms with van der Waals surface area (Å²) in [6.45, 7) is 2.39. The molecule has 3 aromatic rings. The lowest BCUT2D eigenvalue weighted by Gasteiger charge is -2.02. The van der Waals surface area contributed by atoms with Gasteiger partial charge in [0.1, 0.15) is 18.1 Å². The quantitative estimate of drug-likeness (QED) is 0.477. The lowest BCUT2D eigenvalue weighted by Crippen LogP contribution is -1.99. The van der Waals surface area contributed by atoms with Crippen molar-refractivity contribution in [1.29, 1.82) is 0 Å². The number of aryl methyl sites for hydroxylation is 1. The predicted molar refractivity (Wildman–Crippen MR) is 104 cm³/mol. The summed E-state index contributed by atoms with van der Waals surface area (Å²) in [7, 11) is 0. The molecule has 122 valence electrons. The Labute approximate surface area is 148 Å². The van der Waals surface area contributed by atoms with Gasteiger partial charge in [0.25, 0.3) is 0 Å². The second-order valence-corrected chi connectivity index (χ2v) is 5.57. The van der Waals surface area contributed by atoms with Gasteiger partial charge in [0.05, 0.1) is 5.69 Å². The molecule has 0 unspecified atom stereocenters. The van der Waals surface area contributed by atoms with Crippen molar-refractivity contribution < 1.29 is 4.74 Å². The van der Waals surface area contributed by atoms with Crippen LogP contribution in [0.5, 0.6) is 5.75 Å². The minimum atomic E-state index is 0.323. The molecule has 0 radical (unpaired) electrons. The lowest BCUT2D eigenvalue weighted by atomic mass is 10.1. The van der Waals surface area contributed by atoms with Crippen molar-refractivity contribution in [2.24, 2.45) is 4.99 Å². The van der Waals surface area contributed by atoms with E-state index < -0.39 is 0 Å². The number of benzene rings is 3. The van der Waals surface area contributed by atoms with Gasteiger partial charge in [0, 0.05) is 5.56 Å². The molecule has 2 heteroatoms. The molecule has 0 bridgehead atoms. The molecule has 0 N–H and O–H groups in total. The molecule has 0 fully saturated rings. The predicted octanol–water partition coefficient (Wildman–Crippen LogP) is 5.20. The first-order valence-electron chi connectivity index (χ1n) is 8.19. The Kier molecular flexibility index (Phi) is 5.64. The van der Waals surface area contributed by atoms with E-state index in [1.165, 1.54) is 5.56 Å². The molecule has 0 amide bonds. The second-order valence-electron chi connectivity index (χ2n) is 5.57. The highest BCUT2D eigenvalue weighted by Gasteiger charge is 2.01. The van der Waals surface area contributed by atoms with E-state index in [2.05, 4.69) is 30.9 Å². The van der Waals surface area contributed by atoms with Crippen LogP contribution in [0.4, 0.5) is 5.69 Å². The van der Waals surface area contributed by atoms with Crippen molar-refractivity contribution in [1.82, 2.24) is 0 Å². The molecule has 3 rings (SSSR count). The number of para-hydroxylation sites is 2. The van der Waals surface area contributed by atoms with Crippen molar-refractivity contribution in [2.45, 2.75) is 6.92 Å². The molecular weight excluding hydrogens is 306 g/mol. The fourth-order valence-corrected chi connectivity index (χ4v) is 2.26. The maximum atomic E-state index is 5.63. The van der Waals surface area contributed by atoms with Gasteiger partial charge in [-0.3, -0.25) is 0 Å². The zero-order valence-corrected chi connectivity index (χ0v) is 14.1. The van der Waals surface area contributed by atoms with E-state index in [0.717, 1.165) is 22.7 Å². The molecule has 0 aliphatic rings. The summed E-state index contributed by atoms with van der Waals surface area (Å²) in [5.74, 6) is 7.03. The van der Waals surface area contributed by atoms with Crippen LogP contribution in [-0.2, 0) is 0 Å². The molecule has 2 nitrogen and oxygen atoms in total. The Morgan fingerprint density at radius 2 is 1.48 bits per heavy atom. The summed E-state index contributed by atoms with van der Waals surface area (Å²) in [5.41, 5.74) is 3.84. The number of ether oxygens (including phenoxy) is 1. The molecule has 0 atom stereocenters. The Morgan fingerprint density at radius 3 is 2.16 bits per heavy atom. The lowest BCUT2D eigenvalue weighted by molar-refractivity contribution is 0.370. The highest BCUT2D eigenvalue weighted by atomic mass is 16.5. The maximum Gasteiger partial charge on any atom is 0.149 e. The van der Waals surface area contributed by atoms with Crippen LogP contribution in [0.3, 0.4) is 0 Å². The van der Waals surface area contributed by atoms with Crippen molar-refractivity contribution >= 4 is 11.4 Å². The van der Waals surface area contributed by atoms with Crippen molar-refractivity contribution in [3.05, 3.63) is 96.1 Å². The SMILES string of the molecule is Cc1ccc(C(C#CCOc2ccccc2)=Nc2ccccc2)cc1. The number of hydrogen-bond donors (Lipinski definition) is 0. The van der Waals surface area contributed by atoms with Gasteiger partial charge in [0.15, 0.2) is 0 Å². The summed E-state index contributed by atoms with van der Waals surface area (Å²) in [6, 6.07) is 27.8. The molecule has 0 aromatic heterocycles. The third-order valence-corrected chi connectivity index (χ3v) is 3.58. The Morgan fingerprint density at radius 1 is 0.840 bits per heavy atom. The van der Waals surface area contributed by atoms with E-state index in [1.807, 2.05) is 72.8 Å². The zero-order chi connectivity index (χ0) is 17.3. The van der Waals surface area contributed by atoms with Gasteiger partial charge in [-0.25, -0.2) is 4.99 Å². The van der Waals surface area contributed by atoms with Crippen molar-refractivity contribution in [3.8, 4) is 17.6 Å². The molecular formula is C23H19NO. The second kappa shape index (κ2) is 8.52. The van der Waals surface area contributed by atoms with Gasteiger partial charge in [-0.2, -0.15) is 0 Å². The molecule has 0 aliphatic heterocycles. The van der Waals surface area contributed by atoms with Crippen LogP contribution in [0.25, 0.3) is 0 Å². The number of nitrogens with zero attached hydrogens (tertiary/aromatic N) is 1. The molecule has 25 heavy (non-hydrogen) atoms. The molecule has 0 spiro atoms. The van der Waals surface area contributed by atoms with Gasteiger partial charge in [-0.1, -0.05) is 72.1 Å². The summed E-state index contributed by atoms with van der Waals surface area (Å²) >= 11 is 0. The van der Waals surface area contributed by atoms with E-state index >= 15 is 0 Å². The standard InChI is InChI=1S/C23H19NO/c1-19-14-16-20(17-15-19)23(24-21-9-4-2-5-10-21)13-8-18-25-22-11-6-3-7-12-22/h2-7,9-12,14-17H,18H2,1H3. The van der Waals surface area contributed by atoms with Crippen LogP contribution in [0.2, 0.25) is 0 Å². The third kappa shape index (κ3) is 5.09. The first-order valence-corrected chi connectivity index (χ1v) is 8.19. The van der Waals surface area contributed by atoms with Crippen LogP contribution in [0.1, 0.15) is 11.1 Å². The minimum Gasteiger partial charge on any atom is -0.481 e. The average molecular weight is 325 g/mol. The average Bonchev–Trinajstić information content (AvgIpc) is 2.67. The summed E-state index contributed by atoms with van der Waals surface area (Å²) in [5, 5.41) is 0.